The van der Waals surface area contributed by atoms with Gasteiger partial charge in [-0.2, -0.15) is 0 Å². The molecule has 0 saturated heterocycles. The molecule has 0 bridgehead atoms. The number of hydrogen-bond donors (Lipinski definition) is 1. The van der Waals surface area contributed by atoms with Crippen molar-refractivity contribution >= 4 is 0 Å². The van der Waals surface area contributed by atoms with Gasteiger partial charge in [0.2, 0.25) is 0 Å². The van der Waals surface area contributed by atoms with Gasteiger partial charge in [0.1, 0.15) is 5.69 Å². The van der Waals surface area contributed by atoms with Gasteiger partial charge in [-0.15, -0.1) is 5.10 Å². The van der Waals surface area contributed by atoms with Crippen LogP contribution in [0.4, 0.5) is 0 Å². The van der Waals surface area contributed by atoms with Crippen LogP contribution in [0, 0.1) is 0 Å². The standard InChI is InChI=1S/C19H20N4/c1-2-20-18-12-17(18)15-9-6-10-16(11-15)23-13-19(21-22-23)14-7-4-3-5-8-14/h3-11,13,17-18,20H,2,12H2,1H3. The van der Waals surface area contributed by atoms with Gasteiger partial charge in [0, 0.05) is 17.5 Å². The summed E-state index contributed by atoms with van der Waals surface area (Å²) in [6.07, 6.45) is 3.22. The second-order valence-electron chi connectivity index (χ2n) is 6.02. The Bertz CT molecular complexity index is 794. The van der Waals surface area contributed by atoms with E-state index in [0.717, 1.165) is 23.5 Å². The topological polar surface area (TPSA) is 42.7 Å². The maximum atomic E-state index is 4.30. The highest BCUT2D eigenvalue weighted by Crippen LogP contribution is 2.41. The SMILES string of the molecule is CCNC1CC1c1cccc(-n2cc(-c3ccccc3)nn2)c1. The first kappa shape index (κ1) is 14.2. The number of hydrogen-bond acceptors (Lipinski definition) is 3. The number of likely N-dealkylation sites (N-methyl/N-ethyl adjacent to an activating group) is 1. The van der Waals surface area contributed by atoms with Crippen molar-refractivity contribution in [2.24, 2.45) is 0 Å². The molecule has 2 aromatic carbocycles. The molecule has 1 aromatic heterocycles. The Kier molecular flexibility index (Phi) is 3.67. The third-order valence-electron chi connectivity index (χ3n) is 4.38. The Morgan fingerprint density at radius 2 is 2.00 bits per heavy atom. The summed E-state index contributed by atoms with van der Waals surface area (Å²) < 4.78 is 1.86. The molecule has 1 heterocycles. The Morgan fingerprint density at radius 1 is 1.13 bits per heavy atom. The van der Waals surface area contributed by atoms with Gasteiger partial charge in [0.15, 0.2) is 0 Å². The van der Waals surface area contributed by atoms with Crippen LogP contribution in [0.25, 0.3) is 16.9 Å². The second kappa shape index (κ2) is 5.97. The molecule has 0 radical (unpaired) electrons. The molecular formula is C19H20N4. The number of aromatic nitrogens is 3. The summed E-state index contributed by atoms with van der Waals surface area (Å²) in [6.45, 7) is 3.19. The van der Waals surface area contributed by atoms with Crippen LogP contribution in [0.1, 0.15) is 24.8 Å². The minimum absolute atomic E-state index is 0.630. The Labute approximate surface area is 136 Å². The molecule has 2 unspecified atom stereocenters. The summed E-state index contributed by atoms with van der Waals surface area (Å²) in [4.78, 5) is 0. The van der Waals surface area contributed by atoms with E-state index in [-0.39, 0.29) is 0 Å². The van der Waals surface area contributed by atoms with E-state index in [1.165, 1.54) is 12.0 Å². The van der Waals surface area contributed by atoms with Crippen molar-refractivity contribution in [3.05, 3.63) is 66.4 Å². The number of nitrogens with zero attached hydrogens (tertiary/aromatic N) is 3. The fraction of sp³-hybridized carbons (Fsp3) is 0.263. The van der Waals surface area contributed by atoms with Gasteiger partial charge >= 0.3 is 0 Å². The van der Waals surface area contributed by atoms with Gasteiger partial charge in [0.05, 0.1) is 11.9 Å². The van der Waals surface area contributed by atoms with Gasteiger partial charge in [0.25, 0.3) is 0 Å². The lowest BCUT2D eigenvalue weighted by molar-refractivity contribution is 0.703. The van der Waals surface area contributed by atoms with E-state index < -0.39 is 0 Å². The predicted octanol–water partition coefficient (Wildman–Crippen LogP) is 3.40. The molecule has 0 spiro atoms. The Hall–Kier alpha value is -2.46. The summed E-state index contributed by atoms with van der Waals surface area (Å²) >= 11 is 0. The molecule has 1 fully saturated rings. The zero-order valence-electron chi connectivity index (χ0n) is 13.2. The third-order valence-corrected chi connectivity index (χ3v) is 4.38. The maximum absolute atomic E-state index is 4.30. The molecule has 1 saturated carbocycles. The number of rotatable bonds is 5. The van der Waals surface area contributed by atoms with Crippen LogP contribution in [0.3, 0.4) is 0 Å². The van der Waals surface area contributed by atoms with Crippen LogP contribution in [-0.2, 0) is 0 Å². The largest absolute Gasteiger partial charge is 0.314 e. The summed E-state index contributed by atoms with van der Waals surface area (Å²) in [6, 6.07) is 19.4. The molecule has 4 heteroatoms. The summed E-state index contributed by atoms with van der Waals surface area (Å²) in [5.74, 6) is 0.631. The monoisotopic (exact) mass is 304 g/mol. The lowest BCUT2D eigenvalue weighted by Gasteiger charge is -2.05. The molecule has 4 rings (SSSR count). The molecule has 0 aliphatic heterocycles. The lowest BCUT2D eigenvalue weighted by atomic mass is 10.1. The first-order valence-electron chi connectivity index (χ1n) is 8.16. The third kappa shape index (κ3) is 2.90. The molecule has 1 aliphatic rings. The second-order valence-corrected chi connectivity index (χ2v) is 6.02. The molecule has 3 aromatic rings. The van der Waals surface area contributed by atoms with Crippen molar-refractivity contribution in [1.29, 1.82) is 0 Å². The van der Waals surface area contributed by atoms with Crippen molar-refractivity contribution in [1.82, 2.24) is 20.3 Å². The summed E-state index contributed by atoms with van der Waals surface area (Å²) in [5, 5.41) is 12.1. The van der Waals surface area contributed by atoms with E-state index in [0.29, 0.717) is 12.0 Å². The average molecular weight is 304 g/mol. The van der Waals surface area contributed by atoms with Crippen LogP contribution in [0.2, 0.25) is 0 Å². The average Bonchev–Trinajstić information content (AvgIpc) is 3.20. The van der Waals surface area contributed by atoms with Gasteiger partial charge in [-0.3, -0.25) is 0 Å². The van der Waals surface area contributed by atoms with Gasteiger partial charge in [-0.1, -0.05) is 54.6 Å². The lowest BCUT2D eigenvalue weighted by Crippen LogP contribution is -2.16. The van der Waals surface area contributed by atoms with Crippen molar-refractivity contribution < 1.29 is 0 Å². The van der Waals surface area contributed by atoms with Gasteiger partial charge in [-0.05, 0) is 30.7 Å². The zero-order chi connectivity index (χ0) is 15.6. The van der Waals surface area contributed by atoms with E-state index in [9.17, 15) is 0 Å². The van der Waals surface area contributed by atoms with Crippen LogP contribution < -0.4 is 5.32 Å². The van der Waals surface area contributed by atoms with Gasteiger partial charge in [-0.25, -0.2) is 4.68 Å². The molecule has 0 amide bonds. The minimum atomic E-state index is 0.630. The summed E-state index contributed by atoms with van der Waals surface area (Å²) in [7, 11) is 0. The fourth-order valence-corrected chi connectivity index (χ4v) is 3.08. The van der Waals surface area contributed by atoms with Crippen molar-refractivity contribution in [2.45, 2.75) is 25.3 Å². The highest BCUT2D eigenvalue weighted by molar-refractivity contribution is 5.58. The van der Waals surface area contributed by atoms with E-state index in [1.807, 2.05) is 29.1 Å². The van der Waals surface area contributed by atoms with Crippen molar-refractivity contribution in [2.75, 3.05) is 6.54 Å². The predicted molar refractivity (Wildman–Crippen MR) is 91.6 cm³/mol. The zero-order valence-corrected chi connectivity index (χ0v) is 13.2. The van der Waals surface area contributed by atoms with Gasteiger partial charge < -0.3 is 5.32 Å². The van der Waals surface area contributed by atoms with E-state index in [1.54, 1.807) is 0 Å². The molecule has 1 N–H and O–H groups in total. The molecule has 23 heavy (non-hydrogen) atoms. The first-order chi connectivity index (χ1) is 11.3. The quantitative estimate of drug-likeness (QED) is 0.785. The Morgan fingerprint density at radius 3 is 2.83 bits per heavy atom. The van der Waals surface area contributed by atoms with Crippen LogP contribution in [-0.4, -0.2) is 27.6 Å². The normalized spacial score (nSPS) is 19.7. The highest BCUT2D eigenvalue weighted by Gasteiger charge is 2.37. The fourth-order valence-electron chi connectivity index (χ4n) is 3.08. The highest BCUT2D eigenvalue weighted by atomic mass is 15.4. The van der Waals surface area contributed by atoms with Crippen molar-refractivity contribution in [3.63, 3.8) is 0 Å². The molecular weight excluding hydrogens is 284 g/mol. The minimum Gasteiger partial charge on any atom is -0.314 e. The van der Waals surface area contributed by atoms with E-state index in [4.69, 9.17) is 0 Å². The molecule has 4 nitrogen and oxygen atoms in total. The molecule has 116 valence electrons. The van der Waals surface area contributed by atoms with Crippen LogP contribution >= 0.6 is 0 Å². The Balaban J connectivity index is 1.58. The molecule has 2 atom stereocenters. The van der Waals surface area contributed by atoms with Crippen LogP contribution in [0.15, 0.2) is 60.8 Å². The van der Waals surface area contributed by atoms with E-state index >= 15 is 0 Å². The summed E-state index contributed by atoms with van der Waals surface area (Å²) in [5.41, 5.74) is 4.43. The van der Waals surface area contributed by atoms with E-state index in [2.05, 4.69) is 59.0 Å². The number of benzene rings is 2. The molecule has 1 aliphatic carbocycles. The maximum Gasteiger partial charge on any atom is 0.113 e. The first-order valence-corrected chi connectivity index (χ1v) is 8.16. The van der Waals surface area contributed by atoms with Crippen molar-refractivity contribution in [3.8, 4) is 16.9 Å². The van der Waals surface area contributed by atoms with Crippen LogP contribution in [0.5, 0.6) is 0 Å². The number of nitrogens with one attached hydrogen (secondary N) is 1. The smallest absolute Gasteiger partial charge is 0.113 e.